The minimum atomic E-state index is 0.561. The zero-order chi connectivity index (χ0) is 12.4. The van der Waals surface area contributed by atoms with Gasteiger partial charge < -0.3 is 14.3 Å². The lowest BCUT2D eigenvalue weighted by atomic mass is 10.3. The molecule has 0 spiro atoms. The molecule has 0 atom stereocenters. The summed E-state index contributed by atoms with van der Waals surface area (Å²) < 4.78 is 7.58. The molecule has 18 heavy (non-hydrogen) atoms. The number of nitrogens with one attached hydrogen (secondary N) is 1. The Morgan fingerprint density at radius 1 is 1.33 bits per heavy atom. The Balaban J connectivity index is 1.65. The second-order valence-corrected chi connectivity index (χ2v) is 4.12. The topological polar surface area (TPSA) is 55.9 Å². The average Bonchev–Trinajstić information content (AvgIpc) is 2.96. The van der Waals surface area contributed by atoms with Crippen molar-refractivity contribution < 1.29 is 4.42 Å². The summed E-state index contributed by atoms with van der Waals surface area (Å²) >= 11 is 0. The first-order chi connectivity index (χ1) is 8.83. The van der Waals surface area contributed by atoms with Crippen molar-refractivity contribution in [3.05, 3.63) is 42.5 Å². The summed E-state index contributed by atoms with van der Waals surface area (Å²) in [5, 5.41) is 3.17. The number of benzene rings is 1. The SMILES string of the molecule is Cn1ccnc1CCNc1nc2ccccc2o1. The third-order valence-electron chi connectivity index (χ3n) is 2.84. The quantitative estimate of drug-likeness (QED) is 0.762. The minimum Gasteiger partial charge on any atom is -0.424 e. The molecule has 0 saturated carbocycles. The van der Waals surface area contributed by atoms with Gasteiger partial charge in [-0.2, -0.15) is 4.98 Å². The van der Waals surface area contributed by atoms with Crippen molar-refractivity contribution in [2.75, 3.05) is 11.9 Å². The molecule has 0 unspecified atom stereocenters. The maximum atomic E-state index is 5.57. The number of hydrogen-bond donors (Lipinski definition) is 1. The molecule has 1 N–H and O–H groups in total. The van der Waals surface area contributed by atoms with E-state index in [0.717, 1.165) is 29.9 Å². The molecule has 3 rings (SSSR count). The third kappa shape index (κ3) is 2.07. The van der Waals surface area contributed by atoms with E-state index in [2.05, 4.69) is 15.3 Å². The van der Waals surface area contributed by atoms with Crippen LogP contribution < -0.4 is 5.32 Å². The predicted molar refractivity (Wildman–Crippen MR) is 69.4 cm³/mol. The molecule has 0 amide bonds. The standard InChI is InChI=1S/C13H14N4O/c1-17-9-8-14-12(17)6-7-15-13-16-10-4-2-3-5-11(10)18-13/h2-5,8-9H,6-7H2,1H3,(H,15,16). The minimum absolute atomic E-state index is 0.561. The Morgan fingerprint density at radius 2 is 2.22 bits per heavy atom. The Bertz CT molecular complexity index is 623. The van der Waals surface area contributed by atoms with Crippen LogP contribution >= 0.6 is 0 Å². The molecular formula is C13H14N4O. The van der Waals surface area contributed by atoms with Crippen molar-refractivity contribution >= 4 is 17.1 Å². The molecule has 0 radical (unpaired) electrons. The van der Waals surface area contributed by atoms with Gasteiger partial charge in [-0.1, -0.05) is 12.1 Å². The van der Waals surface area contributed by atoms with E-state index in [1.807, 2.05) is 42.1 Å². The molecule has 0 fully saturated rings. The van der Waals surface area contributed by atoms with Gasteiger partial charge in [0.05, 0.1) is 0 Å². The van der Waals surface area contributed by atoms with Gasteiger partial charge in [-0.15, -0.1) is 0 Å². The molecule has 0 aliphatic rings. The van der Waals surface area contributed by atoms with Crippen LogP contribution in [-0.2, 0) is 13.5 Å². The van der Waals surface area contributed by atoms with Crippen LogP contribution in [0.1, 0.15) is 5.82 Å². The van der Waals surface area contributed by atoms with Crippen LogP contribution in [0.4, 0.5) is 6.01 Å². The van der Waals surface area contributed by atoms with E-state index in [-0.39, 0.29) is 0 Å². The number of fused-ring (bicyclic) bond motifs is 1. The number of para-hydroxylation sites is 2. The van der Waals surface area contributed by atoms with Crippen molar-refractivity contribution in [1.29, 1.82) is 0 Å². The fraction of sp³-hybridized carbons (Fsp3) is 0.231. The number of aromatic nitrogens is 3. The molecule has 3 aromatic rings. The molecule has 2 aromatic heterocycles. The fourth-order valence-electron chi connectivity index (χ4n) is 1.87. The second-order valence-electron chi connectivity index (χ2n) is 4.12. The Hall–Kier alpha value is -2.30. The average molecular weight is 242 g/mol. The molecule has 5 heteroatoms. The van der Waals surface area contributed by atoms with Crippen molar-refractivity contribution in [3.8, 4) is 0 Å². The summed E-state index contributed by atoms with van der Waals surface area (Å²) in [6, 6.07) is 8.29. The van der Waals surface area contributed by atoms with Gasteiger partial charge in [0.15, 0.2) is 5.58 Å². The molecule has 0 aliphatic carbocycles. The number of aryl methyl sites for hydroxylation is 1. The van der Waals surface area contributed by atoms with Gasteiger partial charge in [-0.3, -0.25) is 0 Å². The summed E-state index contributed by atoms with van der Waals surface area (Å²) in [5.41, 5.74) is 1.67. The summed E-state index contributed by atoms with van der Waals surface area (Å²) in [6.45, 7) is 0.748. The van der Waals surface area contributed by atoms with Gasteiger partial charge in [0, 0.05) is 32.4 Å². The smallest absolute Gasteiger partial charge is 0.295 e. The molecule has 0 aliphatic heterocycles. The molecule has 0 saturated heterocycles. The van der Waals surface area contributed by atoms with Crippen LogP contribution in [-0.4, -0.2) is 21.1 Å². The lowest BCUT2D eigenvalue weighted by molar-refractivity contribution is 0.613. The summed E-state index contributed by atoms with van der Waals surface area (Å²) in [5.74, 6) is 1.04. The fourth-order valence-corrected chi connectivity index (χ4v) is 1.87. The first kappa shape index (κ1) is 10.8. The van der Waals surface area contributed by atoms with Crippen LogP contribution in [0.15, 0.2) is 41.1 Å². The first-order valence-corrected chi connectivity index (χ1v) is 5.88. The highest BCUT2D eigenvalue weighted by atomic mass is 16.4. The van der Waals surface area contributed by atoms with Crippen molar-refractivity contribution in [3.63, 3.8) is 0 Å². The number of nitrogens with zero attached hydrogens (tertiary/aromatic N) is 3. The molecule has 5 nitrogen and oxygen atoms in total. The van der Waals surface area contributed by atoms with E-state index in [0.29, 0.717) is 6.01 Å². The summed E-state index contributed by atoms with van der Waals surface area (Å²) in [6.07, 6.45) is 4.58. The Labute approximate surface area is 104 Å². The van der Waals surface area contributed by atoms with Crippen LogP contribution in [0.25, 0.3) is 11.1 Å². The first-order valence-electron chi connectivity index (χ1n) is 5.88. The van der Waals surface area contributed by atoms with Crippen LogP contribution in [0, 0.1) is 0 Å². The van der Waals surface area contributed by atoms with Crippen molar-refractivity contribution in [1.82, 2.24) is 14.5 Å². The number of imidazole rings is 1. The lowest BCUT2D eigenvalue weighted by Crippen LogP contribution is -2.08. The number of oxazole rings is 1. The maximum Gasteiger partial charge on any atom is 0.295 e. The highest BCUT2D eigenvalue weighted by Gasteiger charge is 2.04. The Kier molecular flexibility index (Phi) is 2.72. The Morgan fingerprint density at radius 3 is 3.00 bits per heavy atom. The van der Waals surface area contributed by atoms with Gasteiger partial charge in [0.25, 0.3) is 6.01 Å². The van der Waals surface area contributed by atoms with Gasteiger partial charge in [-0.25, -0.2) is 4.98 Å². The number of anilines is 1. The van der Waals surface area contributed by atoms with Gasteiger partial charge in [-0.05, 0) is 12.1 Å². The van der Waals surface area contributed by atoms with Crippen molar-refractivity contribution in [2.45, 2.75) is 6.42 Å². The van der Waals surface area contributed by atoms with E-state index in [1.165, 1.54) is 0 Å². The number of rotatable bonds is 4. The zero-order valence-electron chi connectivity index (χ0n) is 10.1. The van der Waals surface area contributed by atoms with Crippen molar-refractivity contribution in [2.24, 2.45) is 7.05 Å². The monoisotopic (exact) mass is 242 g/mol. The molecule has 1 aromatic carbocycles. The second kappa shape index (κ2) is 4.52. The highest BCUT2D eigenvalue weighted by Crippen LogP contribution is 2.17. The largest absolute Gasteiger partial charge is 0.424 e. The molecule has 92 valence electrons. The molecule has 2 heterocycles. The van der Waals surface area contributed by atoms with Crippen LogP contribution in [0.5, 0.6) is 0 Å². The third-order valence-corrected chi connectivity index (χ3v) is 2.84. The molecule has 0 bridgehead atoms. The predicted octanol–water partition coefficient (Wildman–Crippen LogP) is 2.22. The van der Waals surface area contributed by atoms with Crippen LogP contribution in [0.2, 0.25) is 0 Å². The highest BCUT2D eigenvalue weighted by molar-refractivity contribution is 5.74. The van der Waals surface area contributed by atoms with Crippen LogP contribution in [0.3, 0.4) is 0 Å². The van der Waals surface area contributed by atoms with E-state index in [4.69, 9.17) is 4.42 Å². The van der Waals surface area contributed by atoms with Gasteiger partial charge >= 0.3 is 0 Å². The molecular weight excluding hydrogens is 228 g/mol. The van der Waals surface area contributed by atoms with E-state index in [1.54, 1.807) is 6.20 Å². The van der Waals surface area contributed by atoms with Gasteiger partial charge in [0.1, 0.15) is 11.3 Å². The number of hydrogen-bond acceptors (Lipinski definition) is 4. The van der Waals surface area contributed by atoms with E-state index in [9.17, 15) is 0 Å². The normalized spacial score (nSPS) is 10.9. The lowest BCUT2D eigenvalue weighted by Gasteiger charge is -2.01. The van der Waals surface area contributed by atoms with E-state index >= 15 is 0 Å². The summed E-state index contributed by atoms with van der Waals surface area (Å²) in [4.78, 5) is 8.61. The van der Waals surface area contributed by atoms with E-state index < -0.39 is 0 Å². The zero-order valence-corrected chi connectivity index (χ0v) is 10.1. The summed E-state index contributed by atoms with van der Waals surface area (Å²) in [7, 11) is 1.99. The van der Waals surface area contributed by atoms with Gasteiger partial charge in [0.2, 0.25) is 0 Å². The maximum absolute atomic E-state index is 5.57.